The zero-order valence-electron chi connectivity index (χ0n) is 21.9. The fourth-order valence-electron chi connectivity index (χ4n) is 4.92. The lowest BCUT2D eigenvalue weighted by Gasteiger charge is -2.35. The fraction of sp³-hybridized carbons (Fsp3) is 0.367. The van der Waals surface area contributed by atoms with Crippen LogP contribution in [0.2, 0.25) is 0 Å². The van der Waals surface area contributed by atoms with Crippen molar-refractivity contribution in [3.63, 3.8) is 0 Å². The number of para-hydroxylation sites is 2. The number of β-amino-alcohol motifs (C(OH)–C–C–N with tert-alkyl or cyclic N) is 1. The molecule has 0 aromatic heterocycles. The Balaban J connectivity index is 1.18. The Hall–Kier alpha value is -3.08. The van der Waals surface area contributed by atoms with Crippen molar-refractivity contribution in [3.8, 4) is 5.75 Å². The second-order valence-corrected chi connectivity index (χ2v) is 10.8. The highest BCUT2D eigenvalue weighted by molar-refractivity contribution is 7.99. The second kappa shape index (κ2) is 13.3. The Labute approximate surface area is 233 Å². The maximum absolute atomic E-state index is 12.3. The van der Waals surface area contributed by atoms with Gasteiger partial charge >= 0.3 is 0 Å². The molecule has 0 saturated carbocycles. The molecular weight excluding hydrogens is 514 g/mol. The van der Waals surface area contributed by atoms with Crippen molar-refractivity contribution < 1.29 is 24.5 Å². The van der Waals surface area contributed by atoms with Crippen LogP contribution in [0.25, 0.3) is 0 Å². The Kier molecular flexibility index (Phi) is 9.39. The summed E-state index contributed by atoms with van der Waals surface area (Å²) in [5.41, 5.74) is 3.22. The lowest BCUT2D eigenvalue weighted by atomic mass is 10.1. The number of hydrogen-bond donors (Lipinski definition) is 2. The minimum atomic E-state index is -0.630. The van der Waals surface area contributed by atoms with E-state index in [1.54, 1.807) is 16.7 Å². The van der Waals surface area contributed by atoms with Gasteiger partial charge in [-0.25, -0.2) is 0 Å². The molecule has 1 amide bonds. The highest BCUT2D eigenvalue weighted by Crippen LogP contribution is 2.47. The Morgan fingerprint density at radius 1 is 0.974 bits per heavy atom. The second-order valence-electron chi connectivity index (χ2n) is 9.69. The molecule has 3 aromatic carbocycles. The van der Waals surface area contributed by atoms with Gasteiger partial charge in [0, 0.05) is 42.5 Å². The molecule has 2 N–H and O–H groups in total. The molecule has 2 heterocycles. The summed E-state index contributed by atoms with van der Waals surface area (Å²) in [6, 6.07) is 24.2. The van der Waals surface area contributed by atoms with Gasteiger partial charge in [-0.3, -0.25) is 9.69 Å². The standard InChI is InChI=1S/C30H35N3O5S/c34-16-13-31(19-23-9-11-25(12-10-23)38-22-30(36)32-14-17-37-18-15-32)20-24(35)21-33-26-5-1-3-7-28(26)39-29-8-4-2-6-27(29)33/h1-12,24,34-35H,13-22H2/t24-/m0/s1. The topological polar surface area (TPSA) is 85.7 Å². The van der Waals surface area contributed by atoms with Gasteiger partial charge in [-0.05, 0) is 42.0 Å². The van der Waals surface area contributed by atoms with E-state index in [9.17, 15) is 15.0 Å². The van der Waals surface area contributed by atoms with Crippen LogP contribution in [0.3, 0.4) is 0 Å². The van der Waals surface area contributed by atoms with E-state index in [1.165, 1.54) is 9.79 Å². The molecule has 0 spiro atoms. The normalized spacial score (nSPS) is 15.6. The predicted octanol–water partition coefficient (Wildman–Crippen LogP) is 3.38. The third kappa shape index (κ3) is 7.12. The van der Waals surface area contributed by atoms with Crippen LogP contribution in [-0.2, 0) is 16.1 Å². The molecular formula is C30H35N3O5S. The number of aliphatic hydroxyl groups excluding tert-OH is 2. The van der Waals surface area contributed by atoms with Gasteiger partial charge in [0.05, 0.1) is 43.8 Å². The van der Waals surface area contributed by atoms with Crippen molar-refractivity contribution in [1.82, 2.24) is 9.80 Å². The smallest absolute Gasteiger partial charge is 0.260 e. The van der Waals surface area contributed by atoms with Crippen LogP contribution in [-0.4, -0.2) is 91.2 Å². The largest absolute Gasteiger partial charge is 0.484 e. The maximum atomic E-state index is 12.3. The van der Waals surface area contributed by atoms with Crippen LogP contribution in [0, 0.1) is 0 Å². The molecule has 1 fully saturated rings. The molecule has 206 valence electrons. The molecule has 2 aliphatic rings. The van der Waals surface area contributed by atoms with E-state index in [2.05, 4.69) is 34.1 Å². The SMILES string of the molecule is O=C(COc1ccc(CN(CCO)C[C@H](O)CN2c3ccccc3Sc3ccccc32)cc1)N1CCOCC1. The molecule has 2 aliphatic heterocycles. The number of ether oxygens (including phenoxy) is 2. The summed E-state index contributed by atoms with van der Waals surface area (Å²) in [7, 11) is 0. The molecule has 39 heavy (non-hydrogen) atoms. The van der Waals surface area contributed by atoms with Gasteiger partial charge in [-0.2, -0.15) is 0 Å². The number of carbonyl (C=O) groups excluding carboxylic acids is 1. The summed E-state index contributed by atoms with van der Waals surface area (Å²) in [4.78, 5) is 20.7. The van der Waals surface area contributed by atoms with Crippen molar-refractivity contribution >= 4 is 29.0 Å². The molecule has 0 aliphatic carbocycles. The highest BCUT2D eigenvalue weighted by atomic mass is 32.2. The summed E-state index contributed by atoms with van der Waals surface area (Å²) in [5.74, 6) is 0.595. The fourth-order valence-corrected chi connectivity index (χ4v) is 6.01. The van der Waals surface area contributed by atoms with Gasteiger partial charge in [0.15, 0.2) is 6.61 Å². The van der Waals surface area contributed by atoms with Crippen LogP contribution >= 0.6 is 11.8 Å². The summed E-state index contributed by atoms with van der Waals surface area (Å²) >= 11 is 1.75. The van der Waals surface area contributed by atoms with Crippen molar-refractivity contribution in [2.24, 2.45) is 0 Å². The first-order chi connectivity index (χ1) is 19.1. The zero-order valence-corrected chi connectivity index (χ0v) is 22.8. The number of rotatable bonds is 11. The first kappa shape index (κ1) is 27.5. The van der Waals surface area contributed by atoms with Gasteiger partial charge in [-0.1, -0.05) is 48.2 Å². The predicted molar refractivity (Wildman–Crippen MR) is 152 cm³/mol. The molecule has 0 bridgehead atoms. The van der Waals surface area contributed by atoms with E-state index < -0.39 is 6.10 Å². The Bertz CT molecular complexity index is 1190. The van der Waals surface area contributed by atoms with Gasteiger partial charge < -0.3 is 29.5 Å². The minimum absolute atomic E-state index is 0.00341. The molecule has 8 nitrogen and oxygen atoms in total. The van der Waals surface area contributed by atoms with Crippen LogP contribution in [0.1, 0.15) is 5.56 Å². The van der Waals surface area contributed by atoms with Crippen LogP contribution in [0.5, 0.6) is 5.75 Å². The van der Waals surface area contributed by atoms with E-state index in [0.29, 0.717) is 58.2 Å². The first-order valence-corrected chi connectivity index (χ1v) is 14.1. The van der Waals surface area contributed by atoms with Crippen LogP contribution < -0.4 is 9.64 Å². The number of amides is 1. The average molecular weight is 550 g/mol. The Morgan fingerprint density at radius 3 is 2.26 bits per heavy atom. The Morgan fingerprint density at radius 2 is 1.62 bits per heavy atom. The molecule has 9 heteroatoms. The third-order valence-corrected chi connectivity index (χ3v) is 8.00. The lowest BCUT2D eigenvalue weighted by molar-refractivity contribution is -0.137. The maximum Gasteiger partial charge on any atom is 0.260 e. The van der Waals surface area contributed by atoms with Gasteiger partial charge in [0.25, 0.3) is 5.91 Å². The van der Waals surface area contributed by atoms with E-state index in [1.807, 2.05) is 48.5 Å². The number of benzene rings is 3. The monoisotopic (exact) mass is 549 g/mol. The van der Waals surface area contributed by atoms with Crippen molar-refractivity contribution in [2.75, 3.05) is 64.1 Å². The van der Waals surface area contributed by atoms with Crippen LogP contribution in [0.4, 0.5) is 11.4 Å². The molecule has 0 radical (unpaired) electrons. The molecule has 0 unspecified atom stereocenters. The van der Waals surface area contributed by atoms with E-state index in [4.69, 9.17) is 9.47 Å². The van der Waals surface area contributed by atoms with Crippen molar-refractivity contribution in [1.29, 1.82) is 0 Å². The van der Waals surface area contributed by atoms with Crippen LogP contribution in [0.15, 0.2) is 82.6 Å². The van der Waals surface area contributed by atoms with Gasteiger partial charge in [0.1, 0.15) is 5.75 Å². The zero-order chi connectivity index (χ0) is 27.0. The number of aliphatic hydroxyl groups is 2. The van der Waals surface area contributed by atoms with E-state index in [0.717, 1.165) is 16.9 Å². The molecule has 3 aromatic rings. The lowest BCUT2D eigenvalue weighted by Crippen LogP contribution is -2.42. The number of fused-ring (bicyclic) bond motifs is 2. The number of nitrogens with zero attached hydrogens (tertiary/aromatic N) is 3. The molecule has 1 atom stereocenters. The number of morpholine rings is 1. The quantitative estimate of drug-likeness (QED) is 0.377. The van der Waals surface area contributed by atoms with Crippen molar-refractivity contribution in [2.45, 2.75) is 22.4 Å². The summed E-state index contributed by atoms with van der Waals surface area (Å²) in [6.45, 7) is 4.23. The third-order valence-electron chi connectivity index (χ3n) is 6.87. The van der Waals surface area contributed by atoms with E-state index in [-0.39, 0.29) is 19.1 Å². The molecule has 1 saturated heterocycles. The summed E-state index contributed by atoms with van der Waals surface area (Å²) in [6.07, 6.45) is -0.630. The minimum Gasteiger partial charge on any atom is -0.484 e. The first-order valence-electron chi connectivity index (χ1n) is 13.3. The van der Waals surface area contributed by atoms with Gasteiger partial charge in [0.2, 0.25) is 0 Å². The number of hydrogen-bond acceptors (Lipinski definition) is 8. The number of carbonyl (C=O) groups is 1. The van der Waals surface area contributed by atoms with E-state index >= 15 is 0 Å². The van der Waals surface area contributed by atoms with Gasteiger partial charge in [-0.15, -0.1) is 0 Å². The highest BCUT2D eigenvalue weighted by Gasteiger charge is 2.25. The molecule has 5 rings (SSSR count). The van der Waals surface area contributed by atoms with Crippen molar-refractivity contribution in [3.05, 3.63) is 78.4 Å². The summed E-state index contributed by atoms with van der Waals surface area (Å²) in [5, 5.41) is 20.8. The summed E-state index contributed by atoms with van der Waals surface area (Å²) < 4.78 is 11.0. The average Bonchev–Trinajstić information content (AvgIpc) is 2.97. The number of anilines is 2.